The van der Waals surface area contributed by atoms with Crippen LogP contribution in [-0.2, 0) is 16.0 Å². The van der Waals surface area contributed by atoms with Gasteiger partial charge in [-0.2, -0.15) is 0 Å². The molecule has 9 heteroatoms. The smallest absolute Gasteiger partial charge is 0.407 e. The highest BCUT2D eigenvalue weighted by atomic mass is 16.6. The van der Waals surface area contributed by atoms with Crippen LogP contribution in [0.25, 0.3) is 5.65 Å². The number of anilines is 1. The average Bonchev–Trinajstić information content (AvgIpc) is 3.34. The van der Waals surface area contributed by atoms with E-state index in [4.69, 9.17) is 7.48 Å². The van der Waals surface area contributed by atoms with Crippen LogP contribution in [0.5, 0.6) is 0 Å². The van der Waals surface area contributed by atoms with Gasteiger partial charge >= 0.3 is 12.1 Å². The summed E-state index contributed by atoms with van der Waals surface area (Å²) in [5, 5.41) is 2.21. The maximum atomic E-state index is 12.6. The molecule has 154 valence electrons. The molecule has 0 spiro atoms. The molecule has 0 atom stereocenters. The second-order valence-electron chi connectivity index (χ2n) is 8.36. The Balaban J connectivity index is 1.73. The van der Waals surface area contributed by atoms with Crippen molar-refractivity contribution in [1.29, 1.82) is 0 Å². The minimum absolute atomic E-state index is 0.0427. The Bertz CT molecular complexity index is 1090. The number of hydrogen-bond donors (Lipinski definition) is 1. The average molecular weight is 401 g/mol. The third kappa shape index (κ3) is 3.90. The minimum atomic E-state index is -2.31. The molecule has 2 aliphatic rings. The molecule has 0 aromatic carbocycles. The largest absolute Gasteiger partial charge is 0.444 e. The van der Waals surface area contributed by atoms with Crippen LogP contribution >= 0.6 is 0 Å². The van der Waals surface area contributed by atoms with E-state index in [1.807, 2.05) is 12.3 Å². The van der Waals surface area contributed by atoms with E-state index in [1.54, 1.807) is 25.2 Å². The van der Waals surface area contributed by atoms with E-state index in [1.165, 1.54) is 18.1 Å². The molecule has 2 aromatic heterocycles. The van der Waals surface area contributed by atoms with Crippen LogP contribution in [0, 0.1) is 0 Å². The molecule has 3 heterocycles. The fourth-order valence-corrected chi connectivity index (χ4v) is 3.20. The molecule has 1 saturated carbocycles. The first kappa shape index (κ1) is 16.8. The molecule has 2 fully saturated rings. The van der Waals surface area contributed by atoms with E-state index < -0.39 is 24.2 Å². The highest BCUT2D eigenvalue weighted by Crippen LogP contribution is 2.42. The normalized spacial score (nSPS) is 18.9. The molecule has 4 rings (SSSR count). The fraction of sp³-hybridized carbons (Fsp3) is 0.500. The lowest BCUT2D eigenvalue weighted by Crippen LogP contribution is -2.32. The number of nitrogens with one attached hydrogen (secondary N) is 1. The number of carbonyl (C=O) groups excluding carboxylic acids is 3. The third-order valence-corrected chi connectivity index (χ3v) is 4.77. The number of ether oxygens (including phenoxy) is 1. The summed E-state index contributed by atoms with van der Waals surface area (Å²) < 4.78 is 23.4. The maximum Gasteiger partial charge on any atom is 0.407 e. The maximum absolute atomic E-state index is 12.6. The molecule has 0 radical (unpaired) electrons. The first-order valence-electron chi connectivity index (χ1n) is 10.5. The van der Waals surface area contributed by atoms with E-state index in [0.29, 0.717) is 17.3 Å². The Hall–Kier alpha value is -3.10. The van der Waals surface area contributed by atoms with Crippen molar-refractivity contribution < 1.29 is 21.9 Å². The van der Waals surface area contributed by atoms with Crippen LogP contribution < -0.4 is 10.2 Å². The van der Waals surface area contributed by atoms with Crippen molar-refractivity contribution in [3.8, 4) is 0 Å². The van der Waals surface area contributed by atoms with Crippen LogP contribution in [-0.4, -0.2) is 51.5 Å². The van der Waals surface area contributed by atoms with E-state index >= 15 is 0 Å². The van der Waals surface area contributed by atoms with Gasteiger partial charge in [-0.3, -0.25) is 14.6 Å². The van der Waals surface area contributed by atoms with E-state index in [-0.39, 0.29) is 18.1 Å². The van der Waals surface area contributed by atoms with Gasteiger partial charge in [-0.15, -0.1) is 0 Å². The Morgan fingerprint density at radius 1 is 1.34 bits per heavy atom. The number of nitrogens with zero attached hydrogens (tertiary/aromatic N) is 4. The van der Waals surface area contributed by atoms with Crippen LogP contribution in [0.2, 0.25) is 0 Å². The minimum Gasteiger partial charge on any atom is -0.444 e. The van der Waals surface area contributed by atoms with Crippen molar-refractivity contribution >= 4 is 29.4 Å². The van der Waals surface area contributed by atoms with Crippen LogP contribution in [0.3, 0.4) is 0 Å². The van der Waals surface area contributed by atoms with Crippen molar-refractivity contribution in [3.63, 3.8) is 0 Å². The van der Waals surface area contributed by atoms with E-state index in [9.17, 15) is 14.4 Å². The number of carbonyl (C=O) groups is 3. The standard InChI is InChI=1S/C20H25N5O4/c1-20(2,3)29-18(27)21-8-14-10-24-9-13(12-5-6-12)7-15(17(24)22-14)25-11-16(26)23(4)19(25)28/h7,9-10,12H,5-6,8,11H2,1-4H3,(H,21,27)/i8D2. The van der Waals surface area contributed by atoms with Gasteiger partial charge in [0.25, 0.3) is 0 Å². The summed E-state index contributed by atoms with van der Waals surface area (Å²) in [6.45, 7) is 2.63. The highest BCUT2D eigenvalue weighted by molar-refractivity contribution is 6.13. The predicted molar refractivity (Wildman–Crippen MR) is 106 cm³/mol. The lowest BCUT2D eigenvalue weighted by molar-refractivity contribution is -0.123. The zero-order valence-electron chi connectivity index (χ0n) is 18.9. The molecule has 4 amide bonds. The Morgan fingerprint density at radius 2 is 2.07 bits per heavy atom. The van der Waals surface area contributed by atoms with Crippen molar-refractivity contribution in [2.75, 3.05) is 18.5 Å². The number of pyridine rings is 1. The summed E-state index contributed by atoms with van der Waals surface area (Å²) in [5.74, 6) is 0.0328. The summed E-state index contributed by atoms with van der Waals surface area (Å²) in [4.78, 5) is 43.5. The van der Waals surface area contributed by atoms with Crippen molar-refractivity contribution in [2.45, 2.75) is 51.6 Å². The van der Waals surface area contributed by atoms with Gasteiger partial charge in [0.15, 0.2) is 5.65 Å². The van der Waals surface area contributed by atoms with Gasteiger partial charge in [0, 0.05) is 19.4 Å². The van der Waals surface area contributed by atoms with Crippen LogP contribution in [0.4, 0.5) is 15.3 Å². The number of urea groups is 1. The molecular weight excluding hydrogens is 374 g/mol. The number of aromatic nitrogens is 2. The van der Waals surface area contributed by atoms with Crippen LogP contribution in [0.15, 0.2) is 18.5 Å². The highest BCUT2D eigenvalue weighted by Gasteiger charge is 2.36. The zero-order valence-corrected chi connectivity index (χ0v) is 16.9. The Labute approximate surface area is 171 Å². The van der Waals surface area contributed by atoms with Gasteiger partial charge in [-0.05, 0) is 51.2 Å². The first-order chi connectivity index (χ1) is 14.4. The SMILES string of the molecule is [2H]C([2H])(NC(=O)OC(C)(C)C)c1cn2cc(C3CC3)cc(N3CC(=O)N(C)C3=O)c2n1. The van der Waals surface area contributed by atoms with Crippen LogP contribution in [0.1, 0.15) is 53.5 Å². The van der Waals surface area contributed by atoms with E-state index in [0.717, 1.165) is 23.3 Å². The second-order valence-corrected chi connectivity index (χ2v) is 8.36. The van der Waals surface area contributed by atoms with Gasteiger partial charge in [-0.1, -0.05) is 0 Å². The number of fused-ring (bicyclic) bond motifs is 1. The molecule has 1 aliphatic heterocycles. The fourth-order valence-electron chi connectivity index (χ4n) is 3.20. The van der Waals surface area contributed by atoms with Gasteiger partial charge in [0.05, 0.1) is 20.6 Å². The van der Waals surface area contributed by atoms with Gasteiger partial charge in [0.1, 0.15) is 12.1 Å². The van der Waals surface area contributed by atoms with Crippen molar-refractivity contribution in [3.05, 3.63) is 29.7 Å². The predicted octanol–water partition coefficient (Wildman–Crippen LogP) is 2.63. The molecular formula is C20H25N5O4. The molecule has 0 bridgehead atoms. The molecule has 0 unspecified atom stereocenters. The summed E-state index contributed by atoms with van der Waals surface area (Å²) in [6, 6.07) is 1.38. The monoisotopic (exact) mass is 401 g/mol. The number of hydrogen-bond acceptors (Lipinski definition) is 5. The van der Waals surface area contributed by atoms with E-state index in [2.05, 4.69) is 10.3 Å². The topological polar surface area (TPSA) is 96.2 Å². The number of amides is 4. The van der Waals surface area contributed by atoms with Crippen molar-refractivity contribution in [1.82, 2.24) is 19.6 Å². The number of likely N-dealkylation sites (N-methyl/N-ethyl adjacent to an activating group) is 1. The molecule has 2 aromatic rings. The molecule has 1 saturated heterocycles. The number of rotatable bonds is 4. The van der Waals surface area contributed by atoms with Gasteiger partial charge in [0.2, 0.25) is 5.91 Å². The summed E-state index contributed by atoms with van der Waals surface area (Å²) in [7, 11) is 1.42. The molecule has 1 N–H and O–H groups in total. The molecule has 1 aliphatic carbocycles. The lowest BCUT2D eigenvalue weighted by atomic mass is 10.1. The lowest BCUT2D eigenvalue weighted by Gasteiger charge is -2.19. The molecule has 9 nitrogen and oxygen atoms in total. The summed E-state index contributed by atoms with van der Waals surface area (Å²) >= 11 is 0. The number of alkyl carbamates (subject to hydrolysis) is 1. The number of imidazole rings is 1. The van der Waals surface area contributed by atoms with Crippen molar-refractivity contribution in [2.24, 2.45) is 0 Å². The van der Waals surface area contributed by atoms with Gasteiger partial charge in [-0.25, -0.2) is 14.6 Å². The summed E-state index contributed by atoms with van der Waals surface area (Å²) in [5.41, 5.74) is 0.929. The number of imide groups is 1. The van der Waals surface area contributed by atoms with Gasteiger partial charge < -0.3 is 14.5 Å². The quantitative estimate of drug-likeness (QED) is 0.795. The third-order valence-electron chi connectivity index (χ3n) is 4.77. The Kier molecular flexibility index (Phi) is 3.92. The second kappa shape index (κ2) is 6.75. The summed E-state index contributed by atoms with van der Waals surface area (Å²) in [6.07, 6.45) is 4.48. The zero-order chi connectivity index (χ0) is 22.7. The molecule has 29 heavy (non-hydrogen) atoms. The first-order valence-corrected chi connectivity index (χ1v) is 9.48. The Morgan fingerprint density at radius 3 is 2.66 bits per heavy atom.